The number of nitrogens with one attached hydrogen (secondary N) is 1. The highest BCUT2D eigenvalue weighted by Crippen LogP contribution is 2.36. The van der Waals surface area contributed by atoms with Crippen LogP contribution in [0, 0.1) is 19.8 Å². The molecular formula is C21H22N4O4S. The maximum Gasteiger partial charge on any atom is 0.341 e. The maximum absolute atomic E-state index is 12.6. The smallest absolute Gasteiger partial charge is 0.341 e. The zero-order valence-corrected chi connectivity index (χ0v) is 17.6. The number of nitrogens with zero attached hydrogens (tertiary/aromatic N) is 3. The molecule has 0 spiro atoms. The van der Waals surface area contributed by atoms with E-state index >= 15 is 0 Å². The monoisotopic (exact) mass is 426 g/mol. The van der Waals surface area contributed by atoms with Gasteiger partial charge < -0.3 is 14.6 Å². The molecule has 1 fully saturated rings. The SMILES string of the molecule is Cc1sc(NC(=O)C2CC2)c(C(=O)OCCCc2nc(-c3cccnc3)no2)c1C. The first kappa shape index (κ1) is 20.2. The number of esters is 1. The van der Waals surface area contributed by atoms with E-state index in [1.807, 2.05) is 19.9 Å². The third kappa shape index (κ3) is 4.56. The molecule has 30 heavy (non-hydrogen) atoms. The van der Waals surface area contributed by atoms with Gasteiger partial charge in [0, 0.05) is 35.2 Å². The van der Waals surface area contributed by atoms with E-state index in [1.165, 1.54) is 11.3 Å². The van der Waals surface area contributed by atoms with E-state index < -0.39 is 5.97 Å². The normalized spacial score (nSPS) is 13.3. The Morgan fingerprint density at radius 3 is 2.90 bits per heavy atom. The number of hydrogen-bond acceptors (Lipinski definition) is 8. The van der Waals surface area contributed by atoms with Gasteiger partial charge in [0.05, 0.1) is 12.2 Å². The minimum Gasteiger partial charge on any atom is -0.462 e. The van der Waals surface area contributed by atoms with Crippen LogP contribution >= 0.6 is 11.3 Å². The van der Waals surface area contributed by atoms with Gasteiger partial charge in [0.25, 0.3) is 0 Å². The number of aryl methyl sites for hydroxylation is 2. The van der Waals surface area contributed by atoms with Gasteiger partial charge in [-0.2, -0.15) is 4.98 Å². The van der Waals surface area contributed by atoms with Gasteiger partial charge in [-0.25, -0.2) is 4.79 Å². The Balaban J connectivity index is 1.31. The van der Waals surface area contributed by atoms with Crippen molar-refractivity contribution in [1.82, 2.24) is 15.1 Å². The molecule has 0 atom stereocenters. The number of rotatable bonds is 8. The summed E-state index contributed by atoms with van der Waals surface area (Å²) in [5, 5.41) is 7.41. The summed E-state index contributed by atoms with van der Waals surface area (Å²) in [5.74, 6) is 0.582. The van der Waals surface area contributed by atoms with E-state index in [0.29, 0.717) is 35.1 Å². The molecule has 0 bridgehead atoms. The highest BCUT2D eigenvalue weighted by molar-refractivity contribution is 7.16. The summed E-state index contributed by atoms with van der Waals surface area (Å²) < 4.78 is 10.7. The lowest BCUT2D eigenvalue weighted by molar-refractivity contribution is -0.117. The summed E-state index contributed by atoms with van der Waals surface area (Å²) in [6.45, 7) is 4.01. The summed E-state index contributed by atoms with van der Waals surface area (Å²) >= 11 is 1.41. The number of amides is 1. The minimum atomic E-state index is -0.426. The molecule has 3 aromatic heterocycles. The fourth-order valence-corrected chi connectivity index (χ4v) is 4.00. The number of ether oxygens (including phenoxy) is 1. The number of pyridine rings is 1. The molecule has 4 rings (SSSR count). The van der Waals surface area contributed by atoms with Crippen molar-refractivity contribution in [3.8, 4) is 11.4 Å². The minimum absolute atomic E-state index is 0.0221. The Morgan fingerprint density at radius 2 is 2.17 bits per heavy atom. The molecule has 0 radical (unpaired) electrons. The largest absolute Gasteiger partial charge is 0.462 e. The van der Waals surface area contributed by atoms with Crippen molar-refractivity contribution in [3.05, 3.63) is 46.4 Å². The molecule has 0 saturated heterocycles. The summed E-state index contributed by atoms with van der Waals surface area (Å²) in [5.41, 5.74) is 2.07. The number of thiophene rings is 1. The summed E-state index contributed by atoms with van der Waals surface area (Å²) in [4.78, 5) is 34.1. The Labute approximate surface area is 177 Å². The van der Waals surface area contributed by atoms with Crippen molar-refractivity contribution in [3.63, 3.8) is 0 Å². The van der Waals surface area contributed by atoms with Gasteiger partial charge in [-0.15, -0.1) is 11.3 Å². The first-order valence-electron chi connectivity index (χ1n) is 9.84. The van der Waals surface area contributed by atoms with Crippen molar-refractivity contribution < 1.29 is 18.8 Å². The predicted molar refractivity (Wildman–Crippen MR) is 111 cm³/mol. The van der Waals surface area contributed by atoms with Crippen LogP contribution in [0.4, 0.5) is 5.00 Å². The predicted octanol–water partition coefficient (Wildman–Crippen LogP) is 3.95. The molecule has 3 aromatic rings. The van der Waals surface area contributed by atoms with Crippen LogP contribution in [0.3, 0.4) is 0 Å². The van der Waals surface area contributed by atoms with Crippen LogP contribution in [0.2, 0.25) is 0 Å². The molecule has 0 unspecified atom stereocenters. The zero-order valence-electron chi connectivity index (χ0n) is 16.8. The number of anilines is 1. The molecule has 1 amide bonds. The Kier molecular flexibility index (Phi) is 5.89. The summed E-state index contributed by atoms with van der Waals surface area (Å²) in [7, 11) is 0. The van der Waals surface area contributed by atoms with Crippen LogP contribution in [-0.2, 0) is 16.0 Å². The molecule has 3 heterocycles. The lowest BCUT2D eigenvalue weighted by Gasteiger charge is -2.07. The fourth-order valence-electron chi connectivity index (χ4n) is 2.95. The van der Waals surface area contributed by atoms with Crippen LogP contribution in [0.25, 0.3) is 11.4 Å². The molecule has 1 aliphatic carbocycles. The maximum atomic E-state index is 12.6. The topological polar surface area (TPSA) is 107 Å². The van der Waals surface area contributed by atoms with E-state index in [0.717, 1.165) is 28.8 Å². The average molecular weight is 426 g/mol. The van der Waals surface area contributed by atoms with E-state index in [2.05, 4.69) is 20.4 Å². The molecule has 156 valence electrons. The van der Waals surface area contributed by atoms with Gasteiger partial charge in [-0.05, 0) is 50.8 Å². The van der Waals surface area contributed by atoms with Crippen molar-refractivity contribution >= 4 is 28.2 Å². The van der Waals surface area contributed by atoms with Gasteiger partial charge in [-0.3, -0.25) is 9.78 Å². The molecular weight excluding hydrogens is 404 g/mol. The van der Waals surface area contributed by atoms with Crippen LogP contribution in [0.1, 0.15) is 46.0 Å². The van der Waals surface area contributed by atoms with Crippen LogP contribution in [0.15, 0.2) is 29.0 Å². The van der Waals surface area contributed by atoms with Crippen molar-refractivity contribution in [1.29, 1.82) is 0 Å². The second-order valence-electron chi connectivity index (χ2n) is 7.24. The average Bonchev–Trinajstić information content (AvgIpc) is 3.43. The lowest BCUT2D eigenvalue weighted by atomic mass is 10.1. The molecule has 0 aliphatic heterocycles. The molecule has 1 aliphatic rings. The summed E-state index contributed by atoms with van der Waals surface area (Å²) in [6, 6.07) is 3.66. The number of aromatic nitrogens is 3. The highest BCUT2D eigenvalue weighted by atomic mass is 32.1. The molecule has 9 heteroatoms. The Bertz CT molecular complexity index is 1060. The van der Waals surface area contributed by atoms with Crippen molar-refractivity contribution in [2.24, 2.45) is 5.92 Å². The summed E-state index contributed by atoms with van der Waals surface area (Å²) in [6.07, 6.45) is 6.21. The Hall–Kier alpha value is -3.07. The van der Waals surface area contributed by atoms with E-state index in [4.69, 9.17) is 9.26 Å². The van der Waals surface area contributed by atoms with Gasteiger partial charge >= 0.3 is 5.97 Å². The van der Waals surface area contributed by atoms with Gasteiger partial charge in [0.2, 0.25) is 17.6 Å². The third-order valence-corrected chi connectivity index (χ3v) is 6.05. The van der Waals surface area contributed by atoms with Gasteiger partial charge in [0.15, 0.2) is 0 Å². The molecule has 0 aromatic carbocycles. The fraction of sp³-hybridized carbons (Fsp3) is 0.381. The van der Waals surface area contributed by atoms with Crippen molar-refractivity contribution in [2.45, 2.75) is 39.5 Å². The molecule has 1 saturated carbocycles. The molecule has 1 N–H and O–H groups in total. The number of hydrogen-bond donors (Lipinski definition) is 1. The zero-order chi connectivity index (χ0) is 21.1. The quantitative estimate of drug-likeness (QED) is 0.429. The van der Waals surface area contributed by atoms with E-state index in [9.17, 15) is 9.59 Å². The van der Waals surface area contributed by atoms with E-state index in [-0.39, 0.29) is 18.4 Å². The second-order valence-corrected chi connectivity index (χ2v) is 8.47. The van der Waals surface area contributed by atoms with Crippen LogP contribution < -0.4 is 5.32 Å². The third-order valence-electron chi connectivity index (χ3n) is 4.93. The van der Waals surface area contributed by atoms with Gasteiger partial charge in [0.1, 0.15) is 5.00 Å². The van der Waals surface area contributed by atoms with Gasteiger partial charge in [-0.1, -0.05) is 5.16 Å². The van der Waals surface area contributed by atoms with E-state index in [1.54, 1.807) is 18.5 Å². The van der Waals surface area contributed by atoms with Crippen LogP contribution in [-0.4, -0.2) is 33.6 Å². The number of carbonyl (C=O) groups is 2. The highest BCUT2D eigenvalue weighted by Gasteiger charge is 2.31. The first-order chi connectivity index (χ1) is 14.5. The second kappa shape index (κ2) is 8.74. The van der Waals surface area contributed by atoms with Crippen LogP contribution in [0.5, 0.6) is 0 Å². The molecule has 8 nitrogen and oxygen atoms in total. The first-order valence-corrected chi connectivity index (χ1v) is 10.7. The Morgan fingerprint density at radius 1 is 1.33 bits per heavy atom. The standard InChI is InChI=1S/C21H22N4O4S/c1-12-13(2)30-20(24-19(26)14-7-8-14)17(12)21(27)28-10-4-6-16-23-18(25-29-16)15-5-3-9-22-11-15/h3,5,9,11,14H,4,6-8,10H2,1-2H3,(H,24,26). The lowest BCUT2D eigenvalue weighted by Crippen LogP contribution is -2.16. The number of carbonyl (C=O) groups excluding carboxylic acids is 2. The van der Waals surface area contributed by atoms with Crippen molar-refractivity contribution in [2.75, 3.05) is 11.9 Å².